The van der Waals surface area contributed by atoms with Crippen LogP contribution in [0.15, 0.2) is 0 Å². The summed E-state index contributed by atoms with van der Waals surface area (Å²) in [7, 11) is 0. The fraction of sp³-hybridized carbons (Fsp3) is 0.903. The Morgan fingerprint density at radius 2 is 1.51 bits per heavy atom. The molecule has 2 amide bonds. The Morgan fingerprint density at radius 3 is 2.10 bits per heavy atom. The first-order valence-electron chi connectivity index (χ1n) is 15.5. The van der Waals surface area contributed by atoms with Crippen molar-refractivity contribution in [3.63, 3.8) is 0 Å². The van der Waals surface area contributed by atoms with Crippen LogP contribution in [0, 0.1) is 17.3 Å². The Hall–Kier alpha value is -1.67. The molecule has 8 nitrogen and oxygen atoms in total. The van der Waals surface area contributed by atoms with E-state index in [0.717, 1.165) is 38.5 Å². The highest BCUT2D eigenvalue weighted by molar-refractivity contribution is 5.83. The topological polar surface area (TPSA) is 114 Å². The zero-order valence-electron chi connectivity index (χ0n) is 25.5. The van der Waals surface area contributed by atoms with Gasteiger partial charge < -0.3 is 25.2 Å². The minimum atomic E-state index is -0.999. The minimum absolute atomic E-state index is 0.0575. The van der Waals surface area contributed by atoms with E-state index in [4.69, 9.17) is 9.47 Å². The zero-order valence-corrected chi connectivity index (χ0v) is 25.5. The molecule has 2 rings (SSSR count). The largest absolute Gasteiger partial charge is 0.481 e. The third-order valence-electron chi connectivity index (χ3n) is 8.64. The van der Waals surface area contributed by atoms with Gasteiger partial charge in [-0.3, -0.25) is 14.4 Å². The molecule has 226 valence electrons. The summed E-state index contributed by atoms with van der Waals surface area (Å²) in [6.45, 7) is 11.8. The first kappa shape index (κ1) is 33.5. The lowest BCUT2D eigenvalue weighted by Crippen LogP contribution is -2.62. The second-order valence-corrected chi connectivity index (χ2v) is 13.2. The fourth-order valence-corrected chi connectivity index (χ4v) is 5.96. The van der Waals surface area contributed by atoms with Crippen LogP contribution in [0.2, 0.25) is 0 Å². The number of hydrogen-bond donors (Lipinski definition) is 3. The van der Waals surface area contributed by atoms with Crippen molar-refractivity contribution in [2.24, 2.45) is 17.3 Å². The maximum atomic E-state index is 13.3. The standard InChI is InChI=1S/C31H56N2O6/c1-7-8-9-10-11-12-13-15-18-23(2)26(34)33-31(19-16-14-17-20-31)24(28(36)37)21-32-27(35)25-29(3,4)22-38-30(5,6)39-25/h23-25H,7-22H2,1-6H3,(H,32,35)(H,33,34)(H,36,37). The van der Waals surface area contributed by atoms with E-state index in [-0.39, 0.29) is 24.3 Å². The van der Waals surface area contributed by atoms with Gasteiger partial charge in [0.15, 0.2) is 5.79 Å². The number of aliphatic carboxylic acids is 1. The summed E-state index contributed by atoms with van der Waals surface area (Å²) in [5.41, 5.74) is -1.42. The molecule has 3 unspecified atom stereocenters. The summed E-state index contributed by atoms with van der Waals surface area (Å²) in [5, 5.41) is 16.3. The number of carboxylic acid groups (broad SMARTS) is 1. The number of carbonyl (C=O) groups is 3. The molecule has 1 aliphatic carbocycles. The molecule has 0 aromatic carbocycles. The lowest BCUT2D eigenvalue weighted by Gasteiger charge is -2.45. The van der Waals surface area contributed by atoms with Crippen LogP contribution >= 0.6 is 0 Å². The van der Waals surface area contributed by atoms with Crippen LogP contribution in [0.3, 0.4) is 0 Å². The number of rotatable bonds is 16. The van der Waals surface area contributed by atoms with Crippen molar-refractivity contribution in [3.8, 4) is 0 Å². The molecular formula is C31H56N2O6. The third-order valence-corrected chi connectivity index (χ3v) is 8.64. The van der Waals surface area contributed by atoms with Crippen LogP contribution < -0.4 is 10.6 Å². The predicted octanol–water partition coefficient (Wildman–Crippen LogP) is 5.97. The number of ether oxygens (including phenoxy) is 2. The maximum Gasteiger partial charge on any atom is 0.310 e. The minimum Gasteiger partial charge on any atom is -0.481 e. The molecule has 0 bridgehead atoms. The van der Waals surface area contributed by atoms with Gasteiger partial charge in [-0.25, -0.2) is 0 Å². The SMILES string of the molecule is CCCCCCCCCCC(C)C(=O)NC1(C(CNC(=O)C2OC(C)(C)OCC2(C)C)C(=O)O)CCCCC1. The molecule has 1 aliphatic heterocycles. The highest BCUT2D eigenvalue weighted by Gasteiger charge is 2.48. The maximum absolute atomic E-state index is 13.3. The first-order valence-corrected chi connectivity index (χ1v) is 15.5. The monoisotopic (exact) mass is 552 g/mol. The lowest BCUT2D eigenvalue weighted by atomic mass is 9.72. The van der Waals surface area contributed by atoms with E-state index in [9.17, 15) is 19.5 Å². The van der Waals surface area contributed by atoms with Crippen LogP contribution in [0.1, 0.15) is 131 Å². The molecule has 3 N–H and O–H groups in total. The van der Waals surface area contributed by atoms with Crippen LogP contribution in [0.4, 0.5) is 0 Å². The quantitative estimate of drug-likeness (QED) is 0.203. The zero-order chi connectivity index (χ0) is 29.1. The molecule has 1 saturated heterocycles. The van der Waals surface area contributed by atoms with Crippen LogP contribution in [-0.4, -0.2) is 53.5 Å². The normalized spacial score (nSPS) is 23.4. The number of hydrogen-bond acceptors (Lipinski definition) is 5. The second-order valence-electron chi connectivity index (χ2n) is 13.2. The molecule has 2 aliphatic rings. The molecule has 1 saturated carbocycles. The van der Waals surface area contributed by atoms with Crippen molar-refractivity contribution >= 4 is 17.8 Å². The van der Waals surface area contributed by atoms with Gasteiger partial charge in [0.1, 0.15) is 6.10 Å². The Kier molecular flexibility index (Phi) is 13.2. The molecule has 2 fully saturated rings. The number of amides is 2. The van der Waals surface area contributed by atoms with Crippen LogP contribution in [-0.2, 0) is 23.9 Å². The van der Waals surface area contributed by atoms with Crippen LogP contribution in [0.25, 0.3) is 0 Å². The van der Waals surface area contributed by atoms with E-state index < -0.39 is 34.7 Å². The summed E-state index contributed by atoms with van der Waals surface area (Å²) in [6, 6.07) is 0. The highest BCUT2D eigenvalue weighted by atomic mass is 16.7. The summed E-state index contributed by atoms with van der Waals surface area (Å²) in [6.07, 6.45) is 13.7. The van der Waals surface area contributed by atoms with Gasteiger partial charge in [-0.15, -0.1) is 0 Å². The van der Waals surface area contributed by atoms with Gasteiger partial charge in [0.05, 0.1) is 18.1 Å². The molecule has 8 heteroatoms. The van der Waals surface area contributed by atoms with E-state index in [1.54, 1.807) is 13.8 Å². The van der Waals surface area contributed by atoms with Crippen molar-refractivity contribution in [1.82, 2.24) is 10.6 Å². The summed E-state index contributed by atoms with van der Waals surface area (Å²) >= 11 is 0. The van der Waals surface area contributed by atoms with Crippen LogP contribution in [0.5, 0.6) is 0 Å². The van der Waals surface area contributed by atoms with Gasteiger partial charge in [0, 0.05) is 17.9 Å². The third kappa shape index (κ3) is 10.3. The van der Waals surface area contributed by atoms with E-state index in [1.807, 2.05) is 20.8 Å². The Balaban J connectivity index is 1.98. The van der Waals surface area contributed by atoms with Gasteiger partial charge >= 0.3 is 5.97 Å². The summed E-state index contributed by atoms with van der Waals surface area (Å²) in [4.78, 5) is 39.1. The highest BCUT2D eigenvalue weighted by Crippen LogP contribution is 2.37. The fourth-order valence-electron chi connectivity index (χ4n) is 5.96. The first-order chi connectivity index (χ1) is 18.3. The van der Waals surface area contributed by atoms with Crippen molar-refractivity contribution in [2.75, 3.05) is 13.2 Å². The smallest absolute Gasteiger partial charge is 0.310 e. The average molecular weight is 553 g/mol. The van der Waals surface area contributed by atoms with Crippen molar-refractivity contribution in [3.05, 3.63) is 0 Å². The number of nitrogens with one attached hydrogen (secondary N) is 2. The number of carboxylic acids is 1. The van der Waals surface area contributed by atoms with Crippen molar-refractivity contribution < 1.29 is 29.0 Å². The molecular weight excluding hydrogens is 496 g/mol. The average Bonchev–Trinajstić information content (AvgIpc) is 2.87. The van der Waals surface area contributed by atoms with Gasteiger partial charge in [-0.05, 0) is 33.1 Å². The lowest BCUT2D eigenvalue weighted by molar-refractivity contribution is -0.304. The number of carbonyl (C=O) groups excluding carboxylic acids is 2. The molecule has 0 aromatic rings. The van der Waals surface area contributed by atoms with Crippen molar-refractivity contribution in [1.29, 1.82) is 0 Å². The Bertz CT molecular complexity index is 790. The molecule has 1 heterocycles. The van der Waals surface area contributed by atoms with Gasteiger partial charge in [-0.2, -0.15) is 0 Å². The molecule has 0 spiro atoms. The Morgan fingerprint density at radius 1 is 0.923 bits per heavy atom. The molecule has 3 atom stereocenters. The molecule has 39 heavy (non-hydrogen) atoms. The Labute approximate surface area is 236 Å². The number of unbranched alkanes of at least 4 members (excludes halogenated alkanes) is 7. The molecule has 0 radical (unpaired) electrons. The second kappa shape index (κ2) is 15.4. The summed E-state index contributed by atoms with van der Waals surface area (Å²) in [5.74, 6) is -3.41. The van der Waals surface area contributed by atoms with E-state index in [0.29, 0.717) is 19.4 Å². The van der Waals surface area contributed by atoms with Gasteiger partial charge in [0.25, 0.3) is 0 Å². The van der Waals surface area contributed by atoms with Gasteiger partial charge in [0.2, 0.25) is 11.8 Å². The predicted molar refractivity (Wildman–Crippen MR) is 153 cm³/mol. The van der Waals surface area contributed by atoms with E-state index in [1.165, 1.54) is 38.5 Å². The molecule has 0 aromatic heterocycles. The van der Waals surface area contributed by atoms with Crippen molar-refractivity contribution in [2.45, 2.75) is 149 Å². The summed E-state index contributed by atoms with van der Waals surface area (Å²) < 4.78 is 11.7. The van der Waals surface area contributed by atoms with E-state index in [2.05, 4.69) is 17.6 Å². The van der Waals surface area contributed by atoms with Gasteiger partial charge in [-0.1, -0.05) is 98.3 Å². The van der Waals surface area contributed by atoms with E-state index >= 15 is 0 Å².